The molecule has 0 fully saturated rings. The molecule has 2 aromatic carbocycles. The predicted molar refractivity (Wildman–Crippen MR) is 109 cm³/mol. The van der Waals surface area contributed by atoms with Crippen LogP contribution in [0.15, 0.2) is 72.9 Å². The number of nitrogens with zero attached hydrogens (tertiary/aromatic N) is 3. The van der Waals surface area contributed by atoms with Crippen molar-refractivity contribution in [1.82, 2.24) is 14.8 Å². The van der Waals surface area contributed by atoms with E-state index in [1.54, 1.807) is 12.3 Å². The minimum atomic E-state index is 0.343. The summed E-state index contributed by atoms with van der Waals surface area (Å²) in [4.78, 5) is 15.1. The average Bonchev–Trinajstić information content (AvgIpc) is 3.12. The highest BCUT2D eigenvalue weighted by atomic mass is 16.5. The molecule has 0 amide bonds. The van der Waals surface area contributed by atoms with Gasteiger partial charge in [-0.15, -0.1) is 0 Å². The van der Waals surface area contributed by atoms with E-state index >= 15 is 0 Å². The van der Waals surface area contributed by atoms with Crippen LogP contribution in [0, 0.1) is 6.92 Å². The average molecular weight is 369 g/mol. The lowest BCUT2D eigenvalue weighted by molar-refractivity contribution is -0.104. The molecule has 0 bridgehead atoms. The second kappa shape index (κ2) is 7.88. The maximum Gasteiger partial charge on any atom is 0.146 e. The standard InChI is InChI=1S/C23H19N3O2/c1-17-15-19(25-26(17)20-8-3-2-4-9-20)16-28-22-12-11-18(7-6-14-27)21-10-5-13-24-23(21)22/h2-15H,16H2,1H3. The molecule has 5 nitrogen and oxygen atoms in total. The molecule has 0 aliphatic carbocycles. The van der Waals surface area contributed by atoms with Gasteiger partial charge in [0.1, 0.15) is 29.9 Å². The maximum atomic E-state index is 10.6. The summed E-state index contributed by atoms with van der Waals surface area (Å²) in [6, 6.07) is 19.7. The Bertz CT molecular complexity index is 1150. The molecule has 0 N–H and O–H groups in total. The van der Waals surface area contributed by atoms with Crippen LogP contribution in [0.3, 0.4) is 0 Å². The van der Waals surface area contributed by atoms with E-state index in [0.29, 0.717) is 12.4 Å². The van der Waals surface area contributed by atoms with Crippen molar-refractivity contribution in [2.24, 2.45) is 0 Å². The Balaban J connectivity index is 1.60. The third-order valence-corrected chi connectivity index (χ3v) is 4.44. The van der Waals surface area contributed by atoms with Gasteiger partial charge in [-0.2, -0.15) is 5.10 Å². The number of pyridine rings is 1. The third-order valence-electron chi connectivity index (χ3n) is 4.44. The minimum Gasteiger partial charge on any atom is -0.485 e. The number of fused-ring (bicyclic) bond motifs is 1. The number of aryl methyl sites for hydroxylation is 1. The zero-order valence-electron chi connectivity index (χ0n) is 15.4. The molecule has 28 heavy (non-hydrogen) atoms. The first kappa shape index (κ1) is 17.7. The van der Waals surface area contributed by atoms with Crippen LogP contribution >= 0.6 is 0 Å². The highest BCUT2D eigenvalue weighted by molar-refractivity contribution is 5.93. The van der Waals surface area contributed by atoms with Gasteiger partial charge in [-0.25, -0.2) is 4.68 Å². The van der Waals surface area contributed by atoms with E-state index < -0.39 is 0 Å². The van der Waals surface area contributed by atoms with Gasteiger partial charge in [0.15, 0.2) is 0 Å². The fourth-order valence-corrected chi connectivity index (χ4v) is 3.16. The number of para-hydroxylation sites is 1. The Kier molecular flexibility index (Phi) is 4.97. The summed E-state index contributed by atoms with van der Waals surface area (Å²) in [6.45, 7) is 2.37. The van der Waals surface area contributed by atoms with E-state index in [1.807, 2.05) is 72.3 Å². The van der Waals surface area contributed by atoms with E-state index in [1.165, 1.54) is 6.08 Å². The number of allylic oxidation sites excluding steroid dienone is 1. The van der Waals surface area contributed by atoms with Crippen molar-refractivity contribution in [3.63, 3.8) is 0 Å². The summed E-state index contributed by atoms with van der Waals surface area (Å²) in [5, 5.41) is 5.59. The molecule has 4 rings (SSSR count). The van der Waals surface area contributed by atoms with E-state index in [0.717, 1.165) is 39.8 Å². The van der Waals surface area contributed by atoms with Gasteiger partial charge in [-0.3, -0.25) is 9.78 Å². The normalized spacial score (nSPS) is 11.2. The lowest BCUT2D eigenvalue weighted by atomic mass is 10.1. The highest BCUT2D eigenvalue weighted by Gasteiger charge is 2.10. The lowest BCUT2D eigenvalue weighted by Crippen LogP contribution is -2.01. The molecule has 0 unspecified atom stereocenters. The van der Waals surface area contributed by atoms with Gasteiger partial charge in [-0.05, 0) is 48.9 Å². The zero-order valence-corrected chi connectivity index (χ0v) is 15.4. The van der Waals surface area contributed by atoms with Crippen molar-refractivity contribution in [3.8, 4) is 11.4 Å². The fraction of sp³-hybridized carbons (Fsp3) is 0.0870. The molecular weight excluding hydrogens is 350 g/mol. The molecule has 4 aromatic rings. The van der Waals surface area contributed by atoms with Crippen molar-refractivity contribution in [3.05, 3.63) is 89.9 Å². The Morgan fingerprint density at radius 1 is 1.07 bits per heavy atom. The van der Waals surface area contributed by atoms with Crippen molar-refractivity contribution < 1.29 is 9.53 Å². The van der Waals surface area contributed by atoms with Crippen molar-refractivity contribution >= 4 is 23.3 Å². The van der Waals surface area contributed by atoms with Crippen LogP contribution in [0.1, 0.15) is 17.0 Å². The van der Waals surface area contributed by atoms with E-state index in [2.05, 4.69) is 10.1 Å². The summed E-state index contributed by atoms with van der Waals surface area (Å²) in [5.74, 6) is 0.686. The molecule has 138 valence electrons. The molecule has 0 radical (unpaired) electrons. The van der Waals surface area contributed by atoms with Crippen LogP contribution in [0.2, 0.25) is 0 Å². The SMILES string of the molecule is Cc1cc(COc2ccc(C=CC=O)c3cccnc23)nn1-c1ccccc1. The highest BCUT2D eigenvalue weighted by Crippen LogP contribution is 2.28. The van der Waals surface area contributed by atoms with Crippen LogP contribution in [-0.4, -0.2) is 21.1 Å². The summed E-state index contributed by atoms with van der Waals surface area (Å²) >= 11 is 0. The summed E-state index contributed by atoms with van der Waals surface area (Å²) in [7, 11) is 0. The molecule has 0 saturated carbocycles. The van der Waals surface area contributed by atoms with E-state index in [9.17, 15) is 4.79 Å². The van der Waals surface area contributed by atoms with Gasteiger partial charge in [0.2, 0.25) is 0 Å². The van der Waals surface area contributed by atoms with Gasteiger partial charge in [0, 0.05) is 17.3 Å². The van der Waals surface area contributed by atoms with Crippen molar-refractivity contribution in [1.29, 1.82) is 0 Å². The molecular formula is C23H19N3O2. The van der Waals surface area contributed by atoms with Gasteiger partial charge >= 0.3 is 0 Å². The van der Waals surface area contributed by atoms with E-state index in [4.69, 9.17) is 4.74 Å². The molecule has 0 aliphatic rings. The number of rotatable bonds is 6. The Morgan fingerprint density at radius 3 is 2.75 bits per heavy atom. The van der Waals surface area contributed by atoms with Crippen LogP contribution in [0.5, 0.6) is 5.75 Å². The van der Waals surface area contributed by atoms with Gasteiger partial charge in [0.25, 0.3) is 0 Å². The van der Waals surface area contributed by atoms with Crippen LogP contribution in [0.25, 0.3) is 22.7 Å². The molecule has 5 heteroatoms. The Morgan fingerprint density at radius 2 is 1.93 bits per heavy atom. The topological polar surface area (TPSA) is 57.0 Å². The fourth-order valence-electron chi connectivity index (χ4n) is 3.16. The summed E-state index contributed by atoms with van der Waals surface area (Å²) < 4.78 is 7.94. The second-order valence-corrected chi connectivity index (χ2v) is 6.36. The molecule has 0 saturated heterocycles. The second-order valence-electron chi connectivity index (χ2n) is 6.36. The predicted octanol–water partition coefficient (Wildman–Crippen LogP) is 4.52. The first-order valence-corrected chi connectivity index (χ1v) is 8.99. The first-order chi connectivity index (χ1) is 13.8. The number of ether oxygens (including phenoxy) is 1. The van der Waals surface area contributed by atoms with Crippen molar-refractivity contribution in [2.45, 2.75) is 13.5 Å². The molecule has 0 aliphatic heterocycles. The van der Waals surface area contributed by atoms with E-state index in [-0.39, 0.29) is 0 Å². The number of hydrogen-bond acceptors (Lipinski definition) is 4. The number of aldehydes is 1. The summed E-state index contributed by atoms with van der Waals surface area (Å²) in [5.41, 5.74) is 4.59. The minimum absolute atomic E-state index is 0.343. The van der Waals surface area contributed by atoms with Gasteiger partial charge in [0.05, 0.1) is 5.69 Å². The molecule has 0 spiro atoms. The Hall–Kier alpha value is -3.73. The smallest absolute Gasteiger partial charge is 0.146 e. The van der Waals surface area contributed by atoms with Crippen molar-refractivity contribution in [2.75, 3.05) is 0 Å². The van der Waals surface area contributed by atoms with Crippen LogP contribution < -0.4 is 4.74 Å². The monoisotopic (exact) mass is 369 g/mol. The zero-order chi connectivity index (χ0) is 19.3. The quantitative estimate of drug-likeness (QED) is 0.370. The number of carbonyl (C=O) groups excluding carboxylic acids is 1. The summed E-state index contributed by atoms with van der Waals surface area (Å²) in [6.07, 6.45) is 5.74. The van der Waals surface area contributed by atoms with Crippen LogP contribution in [-0.2, 0) is 11.4 Å². The van der Waals surface area contributed by atoms with Crippen LogP contribution in [0.4, 0.5) is 0 Å². The number of aromatic nitrogens is 3. The number of benzene rings is 2. The molecule has 0 atom stereocenters. The Labute approximate surface area is 162 Å². The number of carbonyl (C=O) groups is 1. The lowest BCUT2D eigenvalue weighted by Gasteiger charge is -2.09. The van der Waals surface area contributed by atoms with Gasteiger partial charge < -0.3 is 4.74 Å². The largest absolute Gasteiger partial charge is 0.485 e. The first-order valence-electron chi connectivity index (χ1n) is 8.99. The van der Waals surface area contributed by atoms with Gasteiger partial charge in [-0.1, -0.05) is 36.4 Å². The third kappa shape index (κ3) is 3.55. The molecule has 2 aromatic heterocycles. The number of hydrogen-bond donors (Lipinski definition) is 0. The molecule has 2 heterocycles. The maximum absolute atomic E-state index is 10.6.